The SMILES string of the molecule is CCCN(CCC(N)c1c(F)cccc1OC)C1CC1. The Morgan fingerprint density at radius 3 is 2.75 bits per heavy atom. The van der Waals surface area contributed by atoms with Gasteiger partial charge >= 0.3 is 0 Å². The quantitative estimate of drug-likeness (QED) is 0.795. The van der Waals surface area contributed by atoms with E-state index in [2.05, 4.69) is 11.8 Å². The Morgan fingerprint density at radius 2 is 2.15 bits per heavy atom. The van der Waals surface area contributed by atoms with E-state index >= 15 is 0 Å². The largest absolute Gasteiger partial charge is 0.496 e. The lowest BCUT2D eigenvalue weighted by Gasteiger charge is -2.24. The summed E-state index contributed by atoms with van der Waals surface area (Å²) in [5.41, 5.74) is 6.69. The highest BCUT2D eigenvalue weighted by Crippen LogP contribution is 2.31. The summed E-state index contributed by atoms with van der Waals surface area (Å²) in [6.07, 6.45) is 4.49. The van der Waals surface area contributed by atoms with Crippen LogP contribution < -0.4 is 10.5 Å². The summed E-state index contributed by atoms with van der Waals surface area (Å²) >= 11 is 0. The topological polar surface area (TPSA) is 38.5 Å². The van der Waals surface area contributed by atoms with Crippen molar-refractivity contribution in [3.8, 4) is 5.75 Å². The lowest BCUT2D eigenvalue weighted by atomic mass is 10.0. The van der Waals surface area contributed by atoms with E-state index < -0.39 is 0 Å². The minimum atomic E-state index is -0.316. The van der Waals surface area contributed by atoms with Crippen LogP contribution in [0.25, 0.3) is 0 Å². The molecular weight excluding hydrogens is 255 g/mol. The average molecular weight is 280 g/mol. The van der Waals surface area contributed by atoms with Crippen LogP contribution in [0.5, 0.6) is 5.75 Å². The molecule has 1 aliphatic carbocycles. The zero-order valence-corrected chi connectivity index (χ0v) is 12.4. The maximum atomic E-state index is 14.0. The van der Waals surface area contributed by atoms with Gasteiger partial charge in [0.1, 0.15) is 11.6 Å². The summed E-state index contributed by atoms with van der Waals surface area (Å²) in [5.74, 6) is 0.274. The lowest BCUT2D eigenvalue weighted by Crippen LogP contribution is -2.30. The summed E-state index contributed by atoms with van der Waals surface area (Å²) in [6.45, 7) is 4.22. The van der Waals surface area contributed by atoms with Crippen LogP contribution in [0.4, 0.5) is 4.39 Å². The third kappa shape index (κ3) is 3.70. The molecule has 1 aliphatic rings. The number of rotatable bonds is 8. The van der Waals surface area contributed by atoms with Crippen molar-refractivity contribution in [2.45, 2.75) is 44.7 Å². The highest BCUT2D eigenvalue weighted by atomic mass is 19.1. The van der Waals surface area contributed by atoms with Gasteiger partial charge in [-0.2, -0.15) is 0 Å². The van der Waals surface area contributed by atoms with E-state index in [0.717, 1.165) is 32.0 Å². The first kappa shape index (κ1) is 15.3. The van der Waals surface area contributed by atoms with Crippen molar-refractivity contribution in [3.63, 3.8) is 0 Å². The zero-order valence-electron chi connectivity index (χ0n) is 12.4. The third-order valence-corrected chi connectivity index (χ3v) is 3.91. The lowest BCUT2D eigenvalue weighted by molar-refractivity contribution is 0.252. The molecule has 1 saturated carbocycles. The zero-order chi connectivity index (χ0) is 14.5. The smallest absolute Gasteiger partial charge is 0.131 e. The molecule has 1 fully saturated rings. The van der Waals surface area contributed by atoms with E-state index in [0.29, 0.717) is 11.3 Å². The Bertz CT molecular complexity index is 434. The van der Waals surface area contributed by atoms with Gasteiger partial charge in [0.15, 0.2) is 0 Å². The van der Waals surface area contributed by atoms with Gasteiger partial charge in [0, 0.05) is 24.2 Å². The normalized spacial score (nSPS) is 16.4. The van der Waals surface area contributed by atoms with Gasteiger partial charge in [-0.3, -0.25) is 0 Å². The molecular formula is C16H25FN2O. The molecule has 2 rings (SSSR count). The van der Waals surface area contributed by atoms with Gasteiger partial charge in [0.25, 0.3) is 0 Å². The predicted octanol–water partition coefficient (Wildman–Crippen LogP) is 3.10. The molecule has 0 saturated heterocycles. The van der Waals surface area contributed by atoms with E-state index in [-0.39, 0.29) is 11.9 Å². The Hall–Kier alpha value is -1.13. The van der Waals surface area contributed by atoms with Crippen molar-refractivity contribution in [1.82, 2.24) is 4.90 Å². The van der Waals surface area contributed by atoms with E-state index in [9.17, 15) is 4.39 Å². The Kier molecular flexibility index (Phi) is 5.38. The number of hydrogen-bond acceptors (Lipinski definition) is 3. The van der Waals surface area contributed by atoms with Crippen LogP contribution in [0, 0.1) is 5.82 Å². The summed E-state index contributed by atoms with van der Waals surface area (Å²) in [6, 6.07) is 5.28. The number of halogens is 1. The van der Waals surface area contributed by atoms with Gasteiger partial charge < -0.3 is 15.4 Å². The van der Waals surface area contributed by atoms with Gasteiger partial charge in [-0.25, -0.2) is 4.39 Å². The number of hydrogen-bond donors (Lipinski definition) is 1. The minimum Gasteiger partial charge on any atom is -0.496 e. The minimum absolute atomic E-state index is 0.273. The standard InChI is InChI=1S/C16H25FN2O/c1-3-10-19(12-7-8-12)11-9-14(18)16-13(17)5-4-6-15(16)20-2/h4-6,12,14H,3,7-11,18H2,1-2H3. The summed E-state index contributed by atoms with van der Waals surface area (Å²) < 4.78 is 19.2. The second-order valence-electron chi connectivity index (χ2n) is 5.52. The molecule has 0 amide bonds. The van der Waals surface area contributed by atoms with Crippen LogP contribution in [0.1, 0.15) is 44.2 Å². The van der Waals surface area contributed by atoms with Gasteiger partial charge in [-0.1, -0.05) is 13.0 Å². The van der Waals surface area contributed by atoms with E-state index in [1.165, 1.54) is 18.9 Å². The molecule has 0 aromatic heterocycles. The van der Waals surface area contributed by atoms with Crippen molar-refractivity contribution in [1.29, 1.82) is 0 Å². The summed E-state index contributed by atoms with van der Waals surface area (Å²) in [4.78, 5) is 2.48. The molecule has 2 N–H and O–H groups in total. The first-order valence-electron chi connectivity index (χ1n) is 7.49. The second kappa shape index (κ2) is 7.04. The molecule has 112 valence electrons. The van der Waals surface area contributed by atoms with E-state index in [1.807, 2.05) is 0 Å². The van der Waals surface area contributed by atoms with Crippen molar-refractivity contribution in [3.05, 3.63) is 29.6 Å². The molecule has 4 heteroatoms. The highest BCUT2D eigenvalue weighted by molar-refractivity contribution is 5.37. The fourth-order valence-corrected chi connectivity index (χ4v) is 2.71. The van der Waals surface area contributed by atoms with E-state index in [4.69, 9.17) is 10.5 Å². The Balaban J connectivity index is 1.98. The Morgan fingerprint density at radius 1 is 1.40 bits per heavy atom. The molecule has 0 aliphatic heterocycles. The fraction of sp³-hybridized carbons (Fsp3) is 0.625. The van der Waals surface area contributed by atoms with Crippen LogP contribution in [-0.2, 0) is 0 Å². The van der Waals surface area contributed by atoms with Crippen molar-refractivity contribution >= 4 is 0 Å². The molecule has 1 aromatic rings. The maximum absolute atomic E-state index is 14.0. The van der Waals surface area contributed by atoms with E-state index in [1.54, 1.807) is 19.2 Å². The highest BCUT2D eigenvalue weighted by Gasteiger charge is 2.28. The van der Waals surface area contributed by atoms with Gasteiger partial charge in [0.2, 0.25) is 0 Å². The summed E-state index contributed by atoms with van der Waals surface area (Å²) in [7, 11) is 1.55. The van der Waals surface area contributed by atoms with Crippen LogP contribution in [0.2, 0.25) is 0 Å². The van der Waals surface area contributed by atoms with Crippen molar-refractivity contribution in [2.75, 3.05) is 20.2 Å². The molecule has 0 bridgehead atoms. The number of nitrogens with zero attached hydrogens (tertiary/aromatic N) is 1. The Labute approximate surface area is 120 Å². The second-order valence-corrected chi connectivity index (χ2v) is 5.52. The molecule has 3 nitrogen and oxygen atoms in total. The van der Waals surface area contributed by atoms with Crippen molar-refractivity contribution < 1.29 is 9.13 Å². The van der Waals surface area contributed by atoms with Gasteiger partial charge in [-0.05, 0) is 44.4 Å². The number of benzene rings is 1. The number of methoxy groups -OCH3 is 1. The number of ether oxygens (including phenoxy) is 1. The maximum Gasteiger partial charge on any atom is 0.131 e. The molecule has 1 unspecified atom stereocenters. The molecule has 1 aromatic carbocycles. The molecule has 0 spiro atoms. The first-order chi connectivity index (χ1) is 9.67. The number of nitrogens with two attached hydrogens (primary N) is 1. The summed E-state index contributed by atoms with van der Waals surface area (Å²) in [5, 5.41) is 0. The van der Waals surface area contributed by atoms with Crippen LogP contribution in [0.15, 0.2) is 18.2 Å². The fourth-order valence-electron chi connectivity index (χ4n) is 2.71. The monoisotopic (exact) mass is 280 g/mol. The first-order valence-corrected chi connectivity index (χ1v) is 7.49. The molecule has 20 heavy (non-hydrogen) atoms. The van der Waals surface area contributed by atoms with Crippen LogP contribution in [-0.4, -0.2) is 31.1 Å². The molecule has 1 atom stereocenters. The van der Waals surface area contributed by atoms with Crippen LogP contribution in [0.3, 0.4) is 0 Å². The van der Waals surface area contributed by atoms with Gasteiger partial charge in [0.05, 0.1) is 7.11 Å². The third-order valence-electron chi connectivity index (χ3n) is 3.91. The van der Waals surface area contributed by atoms with Crippen LogP contribution >= 0.6 is 0 Å². The van der Waals surface area contributed by atoms with Gasteiger partial charge in [-0.15, -0.1) is 0 Å². The predicted molar refractivity (Wildman–Crippen MR) is 79.4 cm³/mol. The average Bonchev–Trinajstić information content (AvgIpc) is 3.27. The molecule has 0 radical (unpaired) electrons. The van der Waals surface area contributed by atoms with Crippen molar-refractivity contribution in [2.24, 2.45) is 5.73 Å². The molecule has 0 heterocycles.